The number of alkyl halides is 1. The molecule has 2 nitrogen and oxygen atoms in total. The van der Waals surface area contributed by atoms with Crippen molar-refractivity contribution < 1.29 is 12.8 Å². The molecule has 1 aliphatic heterocycles. The zero-order chi connectivity index (χ0) is 12.6. The third kappa shape index (κ3) is 3.09. The van der Waals surface area contributed by atoms with E-state index in [1.807, 2.05) is 0 Å². The summed E-state index contributed by atoms with van der Waals surface area (Å²) in [4.78, 5) is -0.253. The molecule has 0 aromatic heterocycles. The molecule has 0 aliphatic carbocycles. The second-order valence-electron chi connectivity index (χ2n) is 4.23. The maximum Gasteiger partial charge on any atom is 0.150 e. The molecule has 2 rings (SSSR count). The van der Waals surface area contributed by atoms with Gasteiger partial charge in [0.2, 0.25) is 0 Å². The van der Waals surface area contributed by atoms with E-state index in [-0.39, 0.29) is 28.1 Å². The van der Waals surface area contributed by atoms with Crippen LogP contribution < -0.4 is 0 Å². The van der Waals surface area contributed by atoms with Gasteiger partial charge >= 0.3 is 0 Å². The Morgan fingerprint density at radius 1 is 1.41 bits per heavy atom. The monoisotopic (exact) mass is 384 g/mol. The van der Waals surface area contributed by atoms with Crippen molar-refractivity contribution in [3.05, 3.63) is 34.1 Å². The van der Waals surface area contributed by atoms with E-state index in [0.29, 0.717) is 12.0 Å². The predicted molar refractivity (Wildman–Crippen MR) is 72.5 cm³/mol. The molecule has 0 bridgehead atoms. The standard InChI is InChI=1S/C11H11Br2FO2S/c12-8-1-2-10(14)9(5-8)11(13)7-3-4-17(15,16)6-7/h1-2,5,7,11H,3-4,6H2. The van der Waals surface area contributed by atoms with Crippen LogP contribution in [0.2, 0.25) is 0 Å². The van der Waals surface area contributed by atoms with Crippen LogP contribution in [0.25, 0.3) is 0 Å². The largest absolute Gasteiger partial charge is 0.229 e. The first kappa shape index (κ1) is 13.5. The van der Waals surface area contributed by atoms with Gasteiger partial charge in [0.1, 0.15) is 5.82 Å². The lowest BCUT2D eigenvalue weighted by molar-refractivity contribution is 0.546. The molecule has 1 aliphatic rings. The van der Waals surface area contributed by atoms with Gasteiger partial charge in [-0.2, -0.15) is 0 Å². The minimum absolute atomic E-state index is 0.0520. The van der Waals surface area contributed by atoms with Crippen molar-refractivity contribution in [1.29, 1.82) is 0 Å². The van der Waals surface area contributed by atoms with E-state index in [4.69, 9.17) is 0 Å². The van der Waals surface area contributed by atoms with Crippen LogP contribution in [-0.2, 0) is 9.84 Å². The zero-order valence-corrected chi connectivity index (χ0v) is 12.9. The van der Waals surface area contributed by atoms with Gasteiger partial charge in [0, 0.05) is 14.9 Å². The van der Waals surface area contributed by atoms with Crippen molar-refractivity contribution in [1.82, 2.24) is 0 Å². The van der Waals surface area contributed by atoms with Gasteiger partial charge in [-0.25, -0.2) is 12.8 Å². The zero-order valence-electron chi connectivity index (χ0n) is 8.87. The minimum atomic E-state index is -2.94. The number of sulfone groups is 1. The van der Waals surface area contributed by atoms with Crippen molar-refractivity contribution in [3.8, 4) is 0 Å². The summed E-state index contributed by atoms with van der Waals surface area (Å²) < 4.78 is 37.3. The number of halogens is 3. The quantitative estimate of drug-likeness (QED) is 0.730. The highest BCUT2D eigenvalue weighted by Crippen LogP contribution is 2.39. The van der Waals surface area contributed by atoms with Crippen LogP contribution in [-0.4, -0.2) is 19.9 Å². The molecule has 1 aromatic carbocycles. The Morgan fingerprint density at radius 2 is 2.12 bits per heavy atom. The van der Waals surface area contributed by atoms with Crippen LogP contribution in [0.1, 0.15) is 16.8 Å². The maximum absolute atomic E-state index is 13.7. The van der Waals surface area contributed by atoms with Crippen molar-refractivity contribution >= 4 is 41.7 Å². The fourth-order valence-electron chi connectivity index (χ4n) is 2.03. The SMILES string of the molecule is O=S1(=O)CCC(C(Br)c2cc(Br)ccc2F)C1. The van der Waals surface area contributed by atoms with E-state index >= 15 is 0 Å². The fourth-order valence-corrected chi connectivity index (χ4v) is 5.30. The summed E-state index contributed by atoms with van der Waals surface area (Å²) in [7, 11) is -2.94. The number of benzene rings is 1. The smallest absolute Gasteiger partial charge is 0.150 e. The maximum atomic E-state index is 13.7. The summed E-state index contributed by atoms with van der Waals surface area (Å²) in [5.41, 5.74) is 0.515. The summed E-state index contributed by atoms with van der Waals surface area (Å²) in [5.74, 6) is -0.0206. The first-order valence-electron chi connectivity index (χ1n) is 5.18. The van der Waals surface area contributed by atoms with Gasteiger partial charge in [-0.3, -0.25) is 0 Å². The lowest BCUT2D eigenvalue weighted by Crippen LogP contribution is -2.11. The molecule has 0 amide bonds. The van der Waals surface area contributed by atoms with Crippen LogP contribution in [0.3, 0.4) is 0 Å². The predicted octanol–water partition coefficient (Wildman–Crippen LogP) is 3.46. The molecule has 2 atom stereocenters. The van der Waals surface area contributed by atoms with Crippen LogP contribution in [0, 0.1) is 11.7 Å². The summed E-state index contributed by atoms with van der Waals surface area (Å²) in [6.07, 6.45) is 0.588. The van der Waals surface area contributed by atoms with Gasteiger partial charge in [0.25, 0.3) is 0 Å². The normalized spacial score (nSPS) is 24.8. The lowest BCUT2D eigenvalue weighted by Gasteiger charge is -2.17. The van der Waals surface area contributed by atoms with E-state index in [1.165, 1.54) is 6.07 Å². The first-order chi connectivity index (χ1) is 7.89. The highest BCUT2D eigenvalue weighted by Gasteiger charge is 2.34. The van der Waals surface area contributed by atoms with E-state index in [0.717, 1.165) is 4.47 Å². The van der Waals surface area contributed by atoms with Gasteiger partial charge in [-0.15, -0.1) is 0 Å². The Hall–Kier alpha value is 0.0600. The molecule has 6 heteroatoms. The van der Waals surface area contributed by atoms with E-state index < -0.39 is 9.84 Å². The topological polar surface area (TPSA) is 34.1 Å². The number of hydrogen-bond donors (Lipinski definition) is 0. The van der Waals surface area contributed by atoms with Gasteiger partial charge < -0.3 is 0 Å². The average Bonchev–Trinajstić information content (AvgIpc) is 2.61. The highest BCUT2D eigenvalue weighted by atomic mass is 79.9. The highest BCUT2D eigenvalue weighted by molar-refractivity contribution is 9.10. The summed E-state index contributed by atoms with van der Waals surface area (Å²) in [6.45, 7) is 0. The van der Waals surface area contributed by atoms with Crippen LogP contribution in [0.5, 0.6) is 0 Å². The Bertz CT molecular complexity index is 530. The van der Waals surface area contributed by atoms with E-state index in [1.54, 1.807) is 12.1 Å². The van der Waals surface area contributed by atoms with Crippen molar-refractivity contribution in [2.45, 2.75) is 11.2 Å². The average molecular weight is 386 g/mol. The molecule has 0 radical (unpaired) electrons. The van der Waals surface area contributed by atoms with Gasteiger partial charge in [0.15, 0.2) is 9.84 Å². The Labute approximate surface area is 117 Å². The molecule has 1 fully saturated rings. The van der Waals surface area contributed by atoms with Gasteiger partial charge in [0.05, 0.1) is 11.5 Å². The summed E-state index contributed by atoms with van der Waals surface area (Å²) in [6, 6.07) is 4.71. The fraction of sp³-hybridized carbons (Fsp3) is 0.455. The molecule has 2 unspecified atom stereocenters. The second-order valence-corrected chi connectivity index (χ2v) is 8.36. The molecular weight excluding hydrogens is 375 g/mol. The Morgan fingerprint density at radius 3 is 2.71 bits per heavy atom. The van der Waals surface area contributed by atoms with E-state index in [9.17, 15) is 12.8 Å². The first-order valence-corrected chi connectivity index (χ1v) is 8.71. The molecule has 1 saturated heterocycles. The third-order valence-corrected chi connectivity index (χ3v) is 6.46. The Kier molecular flexibility index (Phi) is 3.95. The number of hydrogen-bond acceptors (Lipinski definition) is 2. The van der Waals surface area contributed by atoms with Crippen molar-refractivity contribution in [3.63, 3.8) is 0 Å². The van der Waals surface area contributed by atoms with Crippen molar-refractivity contribution in [2.75, 3.05) is 11.5 Å². The second kappa shape index (κ2) is 4.97. The third-order valence-electron chi connectivity index (χ3n) is 2.94. The Balaban J connectivity index is 2.26. The molecule has 0 saturated carbocycles. The summed E-state index contributed by atoms with van der Waals surface area (Å²) >= 11 is 6.71. The minimum Gasteiger partial charge on any atom is -0.229 e. The number of rotatable bonds is 2. The lowest BCUT2D eigenvalue weighted by atomic mass is 9.98. The molecular formula is C11H11Br2FO2S. The van der Waals surface area contributed by atoms with Crippen LogP contribution >= 0.6 is 31.9 Å². The molecule has 0 spiro atoms. The molecule has 0 N–H and O–H groups in total. The van der Waals surface area contributed by atoms with Gasteiger partial charge in [-0.05, 0) is 30.5 Å². The van der Waals surface area contributed by atoms with Crippen LogP contribution in [0.4, 0.5) is 4.39 Å². The van der Waals surface area contributed by atoms with E-state index in [2.05, 4.69) is 31.9 Å². The molecule has 17 heavy (non-hydrogen) atoms. The van der Waals surface area contributed by atoms with Crippen LogP contribution in [0.15, 0.2) is 22.7 Å². The van der Waals surface area contributed by atoms with Gasteiger partial charge in [-0.1, -0.05) is 31.9 Å². The molecule has 94 valence electrons. The molecule has 1 heterocycles. The summed E-state index contributed by atoms with van der Waals surface area (Å²) in [5, 5.41) is 0. The van der Waals surface area contributed by atoms with Crippen molar-refractivity contribution in [2.24, 2.45) is 5.92 Å². The molecule has 1 aromatic rings.